The first-order valence-electron chi connectivity index (χ1n) is 8.65. The van der Waals surface area contributed by atoms with Crippen LogP contribution in [0.5, 0.6) is 5.75 Å². The lowest BCUT2D eigenvalue weighted by Gasteiger charge is -2.24. The van der Waals surface area contributed by atoms with Gasteiger partial charge in [-0.3, -0.25) is 19.4 Å². The van der Waals surface area contributed by atoms with E-state index in [1.54, 1.807) is 7.11 Å². The first-order chi connectivity index (χ1) is 12.7. The van der Waals surface area contributed by atoms with Crippen LogP contribution in [0, 0.1) is 0 Å². The van der Waals surface area contributed by atoms with Crippen molar-refractivity contribution < 1.29 is 9.53 Å². The molecular formula is C18H21N3O3S2. The van der Waals surface area contributed by atoms with Crippen molar-refractivity contribution in [3.05, 3.63) is 45.7 Å². The van der Waals surface area contributed by atoms with Crippen LogP contribution in [0.1, 0.15) is 35.3 Å². The Bertz CT molecular complexity index is 854. The smallest absolute Gasteiger partial charge is 0.270 e. The van der Waals surface area contributed by atoms with Gasteiger partial charge in [0.1, 0.15) is 11.6 Å². The lowest BCUT2D eigenvalue weighted by molar-refractivity contribution is -0.113. The molecule has 0 aliphatic carbocycles. The lowest BCUT2D eigenvalue weighted by atomic mass is 10.1. The van der Waals surface area contributed by atoms with Crippen molar-refractivity contribution in [2.24, 2.45) is 0 Å². The maximum atomic E-state index is 12.8. The summed E-state index contributed by atoms with van der Waals surface area (Å²) in [4.78, 5) is 25.1. The topological polar surface area (TPSA) is 76.1 Å². The van der Waals surface area contributed by atoms with Crippen LogP contribution in [0.25, 0.3) is 0 Å². The molecular weight excluding hydrogens is 370 g/mol. The zero-order valence-electron chi connectivity index (χ0n) is 14.5. The number of carbonyl (C=O) groups is 1. The molecule has 0 radical (unpaired) electrons. The highest BCUT2D eigenvalue weighted by molar-refractivity contribution is 8.00. The van der Waals surface area contributed by atoms with Crippen LogP contribution < -0.4 is 15.6 Å². The molecule has 1 aromatic carbocycles. The number of nitrogens with one attached hydrogen (secondary N) is 2. The van der Waals surface area contributed by atoms with E-state index in [1.807, 2.05) is 40.7 Å². The number of nitrogens with zero attached hydrogens (tertiary/aromatic N) is 1. The van der Waals surface area contributed by atoms with E-state index in [9.17, 15) is 9.59 Å². The minimum Gasteiger partial charge on any atom is -0.497 e. The lowest BCUT2D eigenvalue weighted by Crippen LogP contribution is -2.22. The fraction of sp³-hybridized carbons (Fsp3) is 0.444. The minimum absolute atomic E-state index is 0.0646. The third-order valence-corrected chi connectivity index (χ3v) is 7.16. The van der Waals surface area contributed by atoms with E-state index in [1.165, 1.54) is 11.8 Å². The fourth-order valence-corrected chi connectivity index (χ4v) is 5.71. The van der Waals surface area contributed by atoms with Crippen molar-refractivity contribution in [3.63, 3.8) is 0 Å². The number of fused-ring (bicyclic) bond motifs is 1. The third-order valence-electron chi connectivity index (χ3n) is 4.84. The second kappa shape index (κ2) is 7.44. The summed E-state index contributed by atoms with van der Waals surface area (Å²) in [5.74, 6) is 3.82. The van der Waals surface area contributed by atoms with Gasteiger partial charge in [-0.15, -0.1) is 11.8 Å². The van der Waals surface area contributed by atoms with Crippen molar-refractivity contribution in [3.8, 4) is 5.75 Å². The summed E-state index contributed by atoms with van der Waals surface area (Å²) < 4.78 is 7.13. The number of methoxy groups -OCH3 is 1. The average molecular weight is 392 g/mol. The van der Waals surface area contributed by atoms with Gasteiger partial charge < -0.3 is 10.1 Å². The number of amides is 1. The number of aromatic amines is 1. The number of carbonyl (C=O) groups excluding carboxylic acids is 1. The SMILES string of the molecule is COc1ccc([C@@H]2SCC(=O)Nc3c2c(=O)[nH]n3C2CCSCC2)cc1. The summed E-state index contributed by atoms with van der Waals surface area (Å²) in [7, 11) is 1.63. The fourth-order valence-electron chi connectivity index (χ4n) is 3.50. The summed E-state index contributed by atoms with van der Waals surface area (Å²) in [6.07, 6.45) is 2.00. The van der Waals surface area contributed by atoms with Crippen LogP contribution in [0.3, 0.4) is 0 Å². The molecule has 26 heavy (non-hydrogen) atoms. The first kappa shape index (κ1) is 17.6. The number of aromatic nitrogens is 2. The molecule has 0 bridgehead atoms. The van der Waals surface area contributed by atoms with Gasteiger partial charge in [-0.05, 0) is 42.0 Å². The van der Waals surface area contributed by atoms with Gasteiger partial charge in [0.25, 0.3) is 5.56 Å². The van der Waals surface area contributed by atoms with Crippen LogP contribution in [0.4, 0.5) is 5.82 Å². The van der Waals surface area contributed by atoms with Crippen LogP contribution in [-0.2, 0) is 4.79 Å². The molecule has 1 atom stereocenters. The molecule has 4 rings (SSSR count). The summed E-state index contributed by atoms with van der Waals surface area (Å²) in [6, 6.07) is 7.93. The predicted molar refractivity (Wildman–Crippen MR) is 107 cm³/mol. The predicted octanol–water partition coefficient (Wildman–Crippen LogP) is 3.03. The second-order valence-corrected chi connectivity index (χ2v) is 8.75. The number of benzene rings is 1. The summed E-state index contributed by atoms with van der Waals surface area (Å²) in [6.45, 7) is 0. The van der Waals surface area contributed by atoms with E-state index in [2.05, 4.69) is 10.4 Å². The summed E-state index contributed by atoms with van der Waals surface area (Å²) in [5.41, 5.74) is 1.52. The Morgan fingerprint density at radius 3 is 2.58 bits per heavy atom. The van der Waals surface area contributed by atoms with Crippen LogP contribution >= 0.6 is 23.5 Å². The van der Waals surface area contributed by atoms with E-state index in [-0.39, 0.29) is 22.8 Å². The van der Waals surface area contributed by atoms with Crippen LogP contribution in [0.2, 0.25) is 0 Å². The molecule has 2 N–H and O–H groups in total. The zero-order valence-corrected chi connectivity index (χ0v) is 16.1. The standard InChI is InChI=1S/C18H21N3O3S2/c1-24-13-4-2-11(3-5-13)16-15-17(19-14(22)10-26-16)21(20-18(15)23)12-6-8-25-9-7-12/h2-5,12,16H,6-10H2,1H3,(H,19,22)(H,20,23)/t16-/m0/s1. The van der Waals surface area contributed by atoms with Crippen LogP contribution in [0.15, 0.2) is 29.1 Å². The molecule has 138 valence electrons. The Hall–Kier alpha value is -1.80. The Morgan fingerprint density at radius 2 is 1.88 bits per heavy atom. The Kier molecular flexibility index (Phi) is 5.04. The molecule has 8 heteroatoms. The number of anilines is 1. The molecule has 1 saturated heterocycles. The Labute approximate surface area is 160 Å². The molecule has 1 fully saturated rings. The molecule has 1 amide bonds. The minimum atomic E-state index is -0.183. The van der Waals surface area contributed by atoms with Gasteiger partial charge in [-0.2, -0.15) is 11.8 Å². The van der Waals surface area contributed by atoms with E-state index >= 15 is 0 Å². The van der Waals surface area contributed by atoms with Gasteiger partial charge in [0.15, 0.2) is 0 Å². The van der Waals surface area contributed by atoms with E-state index in [0.717, 1.165) is 35.7 Å². The number of H-pyrrole nitrogens is 1. The maximum Gasteiger partial charge on any atom is 0.270 e. The quantitative estimate of drug-likeness (QED) is 0.841. The number of hydrogen-bond acceptors (Lipinski definition) is 5. The highest BCUT2D eigenvalue weighted by Gasteiger charge is 2.32. The Morgan fingerprint density at radius 1 is 1.15 bits per heavy atom. The van der Waals surface area contributed by atoms with Crippen molar-refractivity contribution in [2.45, 2.75) is 24.1 Å². The highest BCUT2D eigenvalue weighted by atomic mass is 32.2. The van der Waals surface area contributed by atoms with E-state index in [0.29, 0.717) is 17.1 Å². The van der Waals surface area contributed by atoms with Crippen molar-refractivity contribution >= 4 is 35.2 Å². The third kappa shape index (κ3) is 3.27. The van der Waals surface area contributed by atoms with Crippen LogP contribution in [-0.4, -0.2) is 40.1 Å². The molecule has 2 aliphatic rings. The van der Waals surface area contributed by atoms with E-state index < -0.39 is 0 Å². The number of hydrogen-bond donors (Lipinski definition) is 2. The largest absolute Gasteiger partial charge is 0.497 e. The highest BCUT2D eigenvalue weighted by Crippen LogP contribution is 2.41. The van der Waals surface area contributed by atoms with Gasteiger partial charge in [0.2, 0.25) is 5.91 Å². The summed E-state index contributed by atoms with van der Waals surface area (Å²) in [5, 5.41) is 5.78. The average Bonchev–Trinajstić information content (AvgIpc) is 2.88. The number of rotatable bonds is 3. The van der Waals surface area contributed by atoms with E-state index in [4.69, 9.17) is 4.74 Å². The van der Waals surface area contributed by atoms with Crippen molar-refractivity contribution in [1.82, 2.24) is 9.78 Å². The van der Waals surface area contributed by atoms with Crippen molar-refractivity contribution in [1.29, 1.82) is 0 Å². The molecule has 0 saturated carbocycles. The molecule has 2 aromatic rings. The molecule has 0 spiro atoms. The van der Waals surface area contributed by atoms with Gasteiger partial charge in [0, 0.05) is 0 Å². The van der Waals surface area contributed by atoms with Crippen molar-refractivity contribution in [2.75, 3.05) is 29.7 Å². The normalized spacial score (nSPS) is 21.0. The molecule has 3 heterocycles. The zero-order chi connectivity index (χ0) is 18.1. The first-order valence-corrected chi connectivity index (χ1v) is 10.8. The van der Waals surface area contributed by atoms with Gasteiger partial charge in [-0.1, -0.05) is 12.1 Å². The second-order valence-electron chi connectivity index (χ2n) is 6.43. The molecule has 6 nitrogen and oxygen atoms in total. The van der Waals surface area contributed by atoms with Gasteiger partial charge in [-0.25, -0.2) is 0 Å². The number of thioether (sulfide) groups is 2. The molecule has 0 unspecified atom stereocenters. The maximum absolute atomic E-state index is 12.8. The summed E-state index contributed by atoms with van der Waals surface area (Å²) >= 11 is 3.42. The van der Waals surface area contributed by atoms with Gasteiger partial charge in [0.05, 0.1) is 29.7 Å². The number of ether oxygens (including phenoxy) is 1. The Balaban J connectivity index is 1.78. The monoisotopic (exact) mass is 391 g/mol. The van der Waals surface area contributed by atoms with Gasteiger partial charge >= 0.3 is 0 Å². The molecule has 1 aromatic heterocycles. The molecule has 2 aliphatic heterocycles.